The van der Waals surface area contributed by atoms with E-state index in [0.717, 1.165) is 77.6 Å². The van der Waals surface area contributed by atoms with Crippen molar-refractivity contribution >= 4 is 60.7 Å². The topological polar surface area (TPSA) is 29.5 Å². The molecule has 10 aromatic carbocycles. The summed E-state index contributed by atoms with van der Waals surface area (Å²) in [6.45, 7) is 0. The molecule has 0 atom stereocenters. The fraction of sp³-hybridized carbons (Fsp3) is 0.0164. The molecule has 64 heavy (non-hydrogen) atoms. The molecule has 2 heterocycles. The van der Waals surface area contributed by atoms with Gasteiger partial charge in [0, 0.05) is 38.5 Å². The summed E-state index contributed by atoms with van der Waals surface area (Å²) in [5.41, 5.74) is 16.0. The number of anilines is 3. The molecule has 2 aromatic heterocycles. The maximum absolute atomic E-state index is 7.04. The van der Waals surface area contributed by atoms with Crippen molar-refractivity contribution in [2.24, 2.45) is 0 Å². The lowest BCUT2D eigenvalue weighted by Crippen LogP contribution is -2.28. The number of hydrogen-bond acceptors (Lipinski definition) is 3. The van der Waals surface area contributed by atoms with Crippen LogP contribution >= 0.6 is 0 Å². The van der Waals surface area contributed by atoms with E-state index < -0.39 is 5.41 Å². The zero-order valence-electron chi connectivity index (χ0n) is 34.8. The lowest BCUT2D eigenvalue weighted by molar-refractivity contribution is 0.631. The van der Waals surface area contributed by atoms with Crippen LogP contribution in [0.4, 0.5) is 17.1 Å². The zero-order valence-corrected chi connectivity index (χ0v) is 34.8. The van der Waals surface area contributed by atoms with Crippen molar-refractivity contribution < 1.29 is 8.83 Å². The zero-order chi connectivity index (χ0) is 42.2. The van der Waals surface area contributed by atoms with Crippen molar-refractivity contribution in [2.75, 3.05) is 4.90 Å². The number of hydrogen-bond donors (Lipinski definition) is 0. The Morgan fingerprint density at radius 2 is 0.906 bits per heavy atom. The van der Waals surface area contributed by atoms with Gasteiger partial charge < -0.3 is 13.7 Å². The third-order valence-electron chi connectivity index (χ3n) is 13.3. The van der Waals surface area contributed by atoms with Gasteiger partial charge in [0.15, 0.2) is 5.58 Å². The minimum atomic E-state index is -0.502. The highest BCUT2D eigenvalue weighted by atomic mass is 16.3. The molecule has 0 radical (unpaired) electrons. The Balaban J connectivity index is 1.04. The standard InChI is InChI=1S/C61H39NO2/c1-3-15-40(16-4-1)41-27-32-47(33-28-41)62(48-34-30-46(31-35-48)61(45-19-5-2-6-20-45)54-24-12-10-22-50(54)51-23-11-13-25-55(51)61)59-49-21-9-7-17-42(49)37-53-52-38-44(29-36-57(52)64-60(53)59)58-39-43-18-8-14-26-56(43)63-58/h1-39H. The number of rotatable bonds is 7. The van der Waals surface area contributed by atoms with Crippen molar-refractivity contribution in [3.8, 4) is 33.6 Å². The second-order valence-corrected chi connectivity index (χ2v) is 16.8. The molecule has 0 spiro atoms. The van der Waals surface area contributed by atoms with Crippen LogP contribution in [0.15, 0.2) is 245 Å². The van der Waals surface area contributed by atoms with Gasteiger partial charge in [-0.05, 0) is 111 Å². The van der Waals surface area contributed by atoms with Crippen LogP contribution in [0.1, 0.15) is 22.3 Å². The van der Waals surface area contributed by atoms with Crippen LogP contribution in [0.5, 0.6) is 0 Å². The third kappa shape index (κ3) is 5.47. The smallest absolute Gasteiger partial charge is 0.160 e. The molecule has 3 nitrogen and oxygen atoms in total. The van der Waals surface area contributed by atoms with Crippen molar-refractivity contribution in [3.63, 3.8) is 0 Å². The van der Waals surface area contributed by atoms with Crippen LogP contribution in [0.25, 0.3) is 77.3 Å². The molecule has 1 aliphatic rings. The second-order valence-electron chi connectivity index (χ2n) is 16.8. The average Bonchev–Trinajstić information content (AvgIpc) is 4.06. The lowest BCUT2D eigenvalue weighted by atomic mass is 9.68. The molecule has 3 heteroatoms. The molecule has 13 rings (SSSR count). The van der Waals surface area contributed by atoms with Crippen LogP contribution < -0.4 is 4.90 Å². The number of nitrogens with zero attached hydrogens (tertiary/aromatic N) is 1. The van der Waals surface area contributed by atoms with Crippen molar-refractivity contribution in [2.45, 2.75) is 5.41 Å². The second kappa shape index (κ2) is 14.3. The van der Waals surface area contributed by atoms with Crippen LogP contribution in [-0.4, -0.2) is 0 Å². The number of fused-ring (bicyclic) bond motifs is 8. The summed E-state index contributed by atoms with van der Waals surface area (Å²) in [5.74, 6) is 0.833. The highest BCUT2D eigenvalue weighted by Crippen LogP contribution is 2.56. The quantitative estimate of drug-likeness (QED) is 0.160. The van der Waals surface area contributed by atoms with E-state index in [9.17, 15) is 0 Å². The Kier molecular flexibility index (Phi) is 8.13. The first-order valence-corrected chi connectivity index (χ1v) is 21.9. The summed E-state index contributed by atoms with van der Waals surface area (Å²) < 4.78 is 13.4. The summed E-state index contributed by atoms with van der Waals surface area (Å²) in [6, 6.07) is 85.2. The van der Waals surface area contributed by atoms with E-state index >= 15 is 0 Å². The van der Waals surface area contributed by atoms with Crippen LogP contribution in [0, 0.1) is 0 Å². The fourth-order valence-corrected chi connectivity index (χ4v) is 10.5. The molecule has 1 aliphatic carbocycles. The van der Waals surface area contributed by atoms with Crippen molar-refractivity contribution in [3.05, 3.63) is 259 Å². The van der Waals surface area contributed by atoms with E-state index in [1.54, 1.807) is 0 Å². The van der Waals surface area contributed by atoms with Gasteiger partial charge in [0.25, 0.3) is 0 Å². The maximum Gasteiger partial charge on any atom is 0.160 e. The Bertz CT molecular complexity index is 3630. The molecule has 0 saturated heterocycles. The average molecular weight is 818 g/mol. The summed E-state index contributed by atoms with van der Waals surface area (Å²) in [4.78, 5) is 2.39. The van der Waals surface area contributed by atoms with E-state index in [1.807, 2.05) is 18.2 Å². The molecule has 0 saturated carbocycles. The molecule has 12 aromatic rings. The van der Waals surface area contributed by atoms with Gasteiger partial charge in [0.2, 0.25) is 0 Å². The predicted octanol–water partition coefficient (Wildman–Crippen LogP) is 16.7. The van der Waals surface area contributed by atoms with Crippen LogP contribution in [0.2, 0.25) is 0 Å². The molecule has 0 N–H and O–H groups in total. The first-order chi connectivity index (χ1) is 31.7. The Hall–Kier alpha value is -8.40. The van der Waals surface area contributed by atoms with Gasteiger partial charge >= 0.3 is 0 Å². The molecule has 300 valence electrons. The van der Waals surface area contributed by atoms with Gasteiger partial charge in [0.1, 0.15) is 16.9 Å². The summed E-state index contributed by atoms with van der Waals surface area (Å²) in [7, 11) is 0. The monoisotopic (exact) mass is 817 g/mol. The Labute approximate surface area is 370 Å². The summed E-state index contributed by atoms with van der Waals surface area (Å²) in [6.07, 6.45) is 0. The van der Waals surface area contributed by atoms with Crippen LogP contribution in [0.3, 0.4) is 0 Å². The van der Waals surface area contributed by atoms with Gasteiger partial charge in [0.05, 0.1) is 11.1 Å². The largest absolute Gasteiger partial charge is 0.456 e. The van der Waals surface area contributed by atoms with Gasteiger partial charge in [-0.1, -0.05) is 176 Å². The number of benzene rings is 10. The lowest BCUT2D eigenvalue weighted by Gasteiger charge is -2.34. The molecular formula is C61H39NO2. The minimum absolute atomic E-state index is 0.502. The van der Waals surface area contributed by atoms with Gasteiger partial charge in [-0.15, -0.1) is 0 Å². The molecule has 0 unspecified atom stereocenters. The predicted molar refractivity (Wildman–Crippen MR) is 264 cm³/mol. The minimum Gasteiger partial charge on any atom is -0.456 e. The van der Waals surface area contributed by atoms with E-state index in [4.69, 9.17) is 8.83 Å². The first-order valence-electron chi connectivity index (χ1n) is 21.9. The number of furan rings is 2. The highest BCUT2D eigenvalue weighted by Gasteiger charge is 2.45. The molecule has 0 bridgehead atoms. The number of para-hydroxylation sites is 1. The molecule has 0 aliphatic heterocycles. The van der Waals surface area contributed by atoms with Gasteiger partial charge in [-0.25, -0.2) is 0 Å². The van der Waals surface area contributed by atoms with Crippen molar-refractivity contribution in [1.82, 2.24) is 0 Å². The third-order valence-corrected chi connectivity index (χ3v) is 13.3. The van der Waals surface area contributed by atoms with Gasteiger partial charge in [-0.3, -0.25) is 0 Å². The van der Waals surface area contributed by atoms with Crippen molar-refractivity contribution in [1.29, 1.82) is 0 Å². The van der Waals surface area contributed by atoms with E-state index in [2.05, 4.69) is 223 Å². The molecule has 0 amide bonds. The Morgan fingerprint density at radius 3 is 1.62 bits per heavy atom. The normalized spacial score (nSPS) is 12.8. The van der Waals surface area contributed by atoms with E-state index in [-0.39, 0.29) is 0 Å². The van der Waals surface area contributed by atoms with Crippen LogP contribution in [-0.2, 0) is 5.41 Å². The SMILES string of the molecule is c1ccc(-c2ccc(N(c3ccc(C4(c5ccccc5)c5ccccc5-c5ccccc54)cc3)c3c4ccccc4cc4c3oc3ccc(-c5cc6ccccc6o5)cc34)cc2)cc1. The Morgan fingerprint density at radius 1 is 0.344 bits per heavy atom. The highest BCUT2D eigenvalue weighted by molar-refractivity contribution is 6.19. The van der Waals surface area contributed by atoms with E-state index in [1.165, 1.54) is 38.9 Å². The maximum atomic E-state index is 7.04. The fourth-order valence-electron chi connectivity index (χ4n) is 10.5. The van der Waals surface area contributed by atoms with E-state index in [0.29, 0.717) is 0 Å². The van der Waals surface area contributed by atoms with Gasteiger partial charge in [-0.2, -0.15) is 0 Å². The first kappa shape index (κ1) is 36.3. The summed E-state index contributed by atoms with van der Waals surface area (Å²) >= 11 is 0. The molecule has 0 fully saturated rings. The molecular weight excluding hydrogens is 779 g/mol. The summed E-state index contributed by atoms with van der Waals surface area (Å²) in [5, 5.41) is 5.40.